The number of aryl methyl sites for hydroxylation is 1. The second kappa shape index (κ2) is 11.6. The fraction of sp³-hybridized carbons (Fsp3) is 0.407. The van der Waals surface area contributed by atoms with Crippen LogP contribution in [0.15, 0.2) is 47.3 Å². The molecule has 2 N–H and O–H groups in total. The number of H-pyrrole nitrogens is 1. The summed E-state index contributed by atoms with van der Waals surface area (Å²) in [6.07, 6.45) is 2.93. The standard InChI is InChI=1S/C27H33N3O4S/c1-18-6-4-7-20-15-21(26(31)29-25(18)20)16-30(17-22-8-5-13-34-22)27(35)28-12-11-19-9-10-23(32-2)24(14-19)33-3/h4,6-7,9-10,14-15,22H,5,8,11-13,16-17H2,1-3H3,(H,28,35)(H,29,31)/t22-/m0/s1. The summed E-state index contributed by atoms with van der Waals surface area (Å²) in [6.45, 7) is 4.49. The van der Waals surface area contributed by atoms with Crippen molar-refractivity contribution < 1.29 is 14.2 Å². The average molecular weight is 496 g/mol. The predicted molar refractivity (Wildman–Crippen MR) is 143 cm³/mol. The Morgan fingerprint density at radius 3 is 2.77 bits per heavy atom. The number of thiocarbonyl (C=S) groups is 1. The first-order chi connectivity index (χ1) is 17.0. The minimum absolute atomic E-state index is 0.0859. The molecule has 35 heavy (non-hydrogen) atoms. The van der Waals surface area contributed by atoms with Gasteiger partial charge in [-0.3, -0.25) is 4.79 Å². The van der Waals surface area contributed by atoms with Crippen molar-refractivity contribution in [1.82, 2.24) is 15.2 Å². The maximum Gasteiger partial charge on any atom is 0.253 e. The zero-order valence-electron chi connectivity index (χ0n) is 20.6. The molecule has 3 aromatic rings. The largest absolute Gasteiger partial charge is 0.493 e. The molecule has 1 aliphatic heterocycles. The molecule has 0 radical (unpaired) electrons. The molecule has 7 nitrogen and oxygen atoms in total. The van der Waals surface area contributed by atoms with E-state index in [2.05, 4.69) is 10.3 Å². The van der Waals surface area contributed by atoms with Gasteiger partial charge in [0, 0.05) is 25.3 Å². The Bertz CT molecular complexity index is 1240. The highest BCUT2D eigenvalue weighted by atomic mass is 32.1. The van der Waals surface area contributed by atoms with E-state index in [4.69, 9.17) is 26.4 Å². The molecule has 8 heteroatoms. The highest BCUT2D eigenvalue weighted by Crippen LogP contribution is 2.27. The summed E-state index contributed by atoms with van der Waals surface area (Å²) in [6, 6.07) is 13.9. The number of aromatic amines is 1. The number of nitrogens with one attached hydrogen (secondary N) is 2. The van der Waals surface area contributed by atoms with Crippen LogP contribution in [0.4, 0.5) is 0 Å². The van der Waals surface area contributed by atoms with Gasteiger partial charge < -0.3 is 29.4 Å². The highest BCUT2D eigenvalue weighted by molar-refractivity contribution is 7.80. The van der Waals surface area contributed by atoms with E-state index < -0.39 is 0 Å². The summed E-state index contributed by atoms with van der Waals surface area (Å²) in [5.74, 6) is 1.41. The first kappa shape index (κ1) is 25.0. The van der Waals surface area contributed by atoms with E-state index in [1.54, 1.807) is 14.2 Å². The van der Waals surface area contributed by atoms with Gasteiger partial charge in [0.15, 0.2) is 16.6 Å². The Labute approximate surface area is 211 Å². The third-order valence-corrected chi connectivity index (χ3v) is 6.80. The van der Waals surface area contributed by atoms with Crippen LogP contribution in [-0.2, 0) is 17.7 Å². The van der Waals surface area contributed by atoms with Crippen molar-refractivity contribution in [1.29, 1.82) is 0 Å². The van der Waals surface area contributed by atoms with Crippen LogP contribution in [0.1, 0.15) is 29.5 Å². The number of benzene rings is 2. The van der Waals surface area contributed by atoms with Crippen LogP contribution in [-0.4, -0.2) is 55.0 Å². The summed E-state index contributed by atoms with van der Waals surface area (Å²) in [5, 5.41) is 5.01. The van der Waals surface area contributed by atoms with Gasteiger partial charge in [-0.25, -0.2) is 0 Å². The maximum absolute atomic E-state index is 12.9. The van der Waals surface area contributed by atoms with Gasteiger partial charge in [-0.15, -0.1) is 0 Å². The molecule has 186 valence electrons. The molecule has 1 aliphatic rings. The van der Waals surface area contributed by atoms with Crippen molar-refractivity contribution in [3.05, 3.63) is 69.5 Å². The van der Waals surface area contributed by atoms with Crippen LogP contribution < -0.4 is 20.3 Å². The third-order valence-electron chi connectivity index (χ3n) is 6.40. The van der Waals surface area contributed by atoms with E-state index >= 15 is 0 Å². The monoisotopic (exact) mass is 495 g/mol. The lowest BCUT2D eigenvalue weighted by Crippen LogP contribution is -2.44. The van der Waals surface area contributed by atoms with Crippen LogP contribution >= 0.6 is 12.2 Å². The third kappa shape index (κ3) is 6.13. The second-order valence-electron chi connectivity index (χ2n) is 8.85. The maximum atomic E-state index is 12.9. The summed E-state index contributed by atoms with van der Waals surface area (Å²) in [5.41, 5.74) is 3.64. The van der Waals surface area contributed by atoms with Crippen LogP contribution in [0.25, 0.3) is 10.9 Å². The number of ether oxygens (including phenoxy) is 3. The van der Waals surface area contributed by atoms with Gasteiger partial charge in [-0.05, 0) is 73.1 Å². The Balaban J connectivity index is 1.46. The SMILES string of the molecule is COc1ccc(CCNC(=S)N(Cc2cc3cccc(C)c3[nH]c2=O)C[C@@H]2CCCO2)cc1OC. The lowest BCUT2D eigenvalue weighted by Gasteiger charge is -2.28. The van der Waals surface area contributed by atoms with Gasteiger partial charge in [-0.1, -0.05) is 24.3 Å². The molecule has 1 aromatic heterocycles. The molecular weight excluding hydrogens is 462 g/mol. The average Bonchev–Trinajstić information content (AvgIpc) is 3.37. The van der Waals surface area contributed by atoms with Gasteiger partial charge >= 0.3 is 0 Å². The van der Waals surface area contributed by atoms with Crippen LogP contribution in [0.3, 0.4) is 0 Å². The highest BCUT2D eigenvalue weighted by Gasteiger charge is 2.22. The summed E-state index contributed by atoms with van der Waals surface area (Å²) < 4.78 is 16.6. The van der Waals surface area contributed by atoms with E-state index in [1.807, 2.05) is 54.3 Å². The van der Waals surface area contributed by atoms with E-state index in [1.165, 1.54) is 0 Å². The fourth-order valence-electron chi connectivity index (χ4n) is 4.47. The van der Waals surface area contributed by atoms with Crippen molar-refractivity contribution in [3.63, 3.8) is 0 Å². The lowest BCUT2D eigenvalue weighted by molar-refractivity contribution is 0.0897. The Kier molecular flexibility index (Phi) is 8.25. The summed E-state index contributed by atoms with van der Waals surface area (Å²) in [4.78, 5) is 18.0. The van der Waals surface area contributed by atoms with Crippen LogP contribution in [0.2, 0.25) is 0 Å². The van der Waals surface area contributed by atoms with Crippen LogP contribution in [0.5, 0.6) is 11.5 Å². The van der Waals surface area contributed by atoms with Crippen molar-refractivity contribution in [3.8, 4) is 11.5 Å². The predicted octanol–water partition coefficient (Wildman–Crippen LogP) is 3.95. The van der Waals surface area contributed by atoms with Gasteiger partial charge in [0.2, 0.25) is 0 Å². The number of aromatic nitrogens is 1. The fourth-order valence-corrected chi connectivity index (χ4v) is 4.71. The minimum atomic E-state index is -0.0859. The van der Waals surface area contributed by atoms with Crippen molar-refractivity contribution in [2.75, 3.05) is 33.9 Å². The molecule has 0 amide bonds. The number of hydrogen-bond donors (Lipinski definition) is 2. The first-order valence-corrected chi connectivity index (χ1v) is 12.4. The Morgan fingerprint density at radius 1 is 1.20 bits per heavy atom. The van der Waals surface area contributed by atoms with Gasteiger partial charge in [0.05, 0.1) is 32.4 Å². The smallest absolute Gasteiger partial charge is 0.253 e. The number of nitrogens with zero attached hydrogens (tertiary/aromatic N) is 1. The Hall–Kier alpha value is -3.10. The lowest BCUT2D eigenvalue weighted by atomic mass is 10.1. The van der Waals surface area contributed by atoms with Crippen molar-refractivity contribution in [2.24, 2.45) is 0 Å². The number of pyridine rings is 1. The molecule has 4 rings (SSSR count). The first-order valence-electron chi connectivity index (χ1n) is 11.9. The molecule has 1 fully saturated rings. The zero-order valence-corrected chi connectivity index (χ0v) is 21.4. The van der Waals surface area contributed by atoms with Crippen LogP contribution in [0, 0.1) is 6.92 Å². The number of hydrogen-bond acceptors (Lipinski definition) is 5. The quantitative estimate of drug-likeness (QED) is 0.435. The number of fused-ring (bicyclic) bond motifs is 1. The zero-order chi connectivity index (χ0) is 24.8. The number of rotatable bonds is 9. The second-order valence-corrected chi connectivity index (χ2v) is 9.24. The van der Waals surface area contributed by atoms with E-state index in [0.29, 0.717) is 41.8 Å². The summed E-state index contributed by atoms with van der Waals surface area (Å²) >= 11 is 5.78. The van der Waals surface area contributed by atoms with Crippen molar-refractivity contribution >= 4 is 28.2 Å². The molecule has 0 unspecified atom stereocenters. The molecule has 0 saturated carbocycles. The normalized spacial score (nSPS) is 15.2. The minimum Gasteiger partial charge on any atom is -0.493 e. The summed E-state index contributed by atoms with van der Waals surface area (Å²) in [7, 11) is 3.26. The van der Waals surface area contributed by atoms with Gasteiger partial charge in [0.25, 0.3) is 5.56 Å². The molecular formula is C27H33N3O4S. The number of para-hydroxylation sites is 1. The molecule has 0 aliphatic carbocycles. The van der Waals surface area contributed by atoms with Gasteiger partial charge in [0.1, 0.15) is 0 Å². The molecule has 2 heterocycles. The van der Waals surface area contributed by atoms with Gasteiger partial charge in [-0.2, -0.15) is 0 Å². The molecule has 1 saturated heterocycles. The molecule has 1 atom stereocenters. The molecule has 0 bridgehead atoms. The molecule has 0 spiro atoms. The molecule has 2 aromatic carbocycles. The van der Waals surface area contributed by atoms with E-state index in [9.17, 15) is 4.79 Å². The van der Waals surface area contributed by atoms with E-state index in [-0.39, 0.29) is 11.7 Å². The number of methoxy groups -OCH3 is 2. The topological polar surface area (TPSA) is 75.8 Å². The Morgan fingerprint density at radius 2 is 2.03 bits per heavy atom. The van der Waals surface area contributed by atoms with E-state index in [0.717, 1.165) is 47.9 Å². The van der Waals surface area contributed by atoms with Crippen molar-refractivity contribution in [2.45, 2.75) is 38.8 Å².